The quantitative estimate of drug-likeness (QED) is 0.118. The largest absolute Gasteiger partial charge is 0.309 e. The molecule has 2 heterocycles. The van der Waals surface area contributed by atoms with E-state index in [0.717, 1.165) is 55.7 Å². The number of fused-ring (bicyclic) bond motifs is 7. The summed E-state index contributed by atoms with van der Waals surface area (Å²) in [5, 5.41) is 9.80. The minimum Gasteiger partial charge on any atom is -0.309 e. The number of aromatic nitrogens is 4. The first-order valence-corrected chi connectivity index (χ1v) is 22.8. The molecule has 4 heteroatoms. The number of nitrogens with zero attached hydrogens (tertiary/aromatic N) is 4. The fourth-order valence-electron chi connectivity index (χ4n) is 10.1. The van der Waals surface area contributed by atoms with Crippen LogP contribution < -0.4 is 0 Å². The van der Waals surface area contributed by atoms with Crippen LogP contribution in [0.3, 0.4) is 0 Å². The Morgan fingerprint density at radius 3 is 1.51 bits per heavy atom. The Morgan fingerprint density at radius 1 is 0.254 bits per heavy atom. The van der Waals surface area contributed by atoms with Gasteiger partial charge in [0.15, 0.2) is 17.5 Å². The molecule has 0 bridgehead atoms. The summed E-state index contributed by atoms with van der Waals surface area (Å²) in [5.74, 6) is 1.84. The Bertz CT molecular complexity index is 4020. The van der Waals surface area contributed by atoms with Crippen LogP contribution in [0.4, 0.5) is 0 Å². The molecule has 2 aromatic heterocycles. The molecule has 0 radical (unpaired) electrons. The first-order chi connectivity index (χ1) is 33.2. The minimum absolute atomic E-state index is 0.611. The predicted octanol–water partition coefficient (Wildman–Crippen LogP) is 16.4. The van der Waals surface area contributed by atoms with E-state index in [4.69, 9.17) is 15.0 Å². The molecule has 67 heavy (non-hydrogen) atoms. The van der Waals surface area contributed by atoms with Crippen molar-refractivity contribution in [3.05, 3.63) is 243 Å². The molecule has 4 nitrogen and oxygen atoms in total. The van der Waals surface area contributed by atoms with Gasteiger partial charge in [-0.3, -0.25) is 0 Å². The Balaban J connectivity index is 0.988. The maximum Gasteiger partial charge on any atom is 0.164 e. The van der Waals surface area contributed by atoms with E-state index in [1.54, 1.807) is 0 Å². The molecule has 0 fully saturated rings. The molecule has 0 saturated carbocycles. The van der Waals surface area contributed by atoms with Crippen LogP contribution in [0.25, 0.3) is 127 Å². The van der Waals surface area contributed by atoms with Crippen molar-refractivity contribution in [2.24, 2.45) is 0 Å². The van der Waals surface area contributed by atoms with Gasteiger partial charge in [0.05, 0.1) is 11.0 Å². The lowest BCUT2D eigenvalue weighted by Crippen LogP contribution is -2.02. The highest BCUT2D eigenvalue weighted by molar-refractivity contribution is 6.20. The van der Waals surface area contributed by atoms with Gasteiger partial charge in [-0.15, -0.1) is 0 Å². The Kier molecular flexibility index (Phi) is 9.14. The third kappa shape index (κ3) is 6.57. The van der Waals surface area contributed by atoms with Crippen LogP contribution in [0, 0.1) is 0 Å². The zero-order chi connectivity index (χ0) is 44.3. The third-order valence-electron chi connectivity index (χ3n) is 13.3. The highest BCUT2D eigenvalue weighted by atomic mass is 15.0. The molecule has 0 unspecified atom stereocenters. The number of rotatable bonds is 7. The summed E-state index contributed by atoms with van der Waals surface area (Å²) in [6.45, 7) is 0. The Hall–Kier alpha value is -8.99. The molecule has 13 rings (SSSR count). The lowest BCUT2D eigenvalue weighted by Gasteiger charge is -2.15. The maximum absolute atomic E-state index is 5.36. The van der Waals surface area contributed by atoms with Crippen molar-refractivity contribution in [2.45, 2.75) is 0 Å². The topological polar surface area (TPSA) is 43.6 Å². The summed E-state index contributed by atoms with van der Waals surface area (Å²) >= 11 is 0. The molecule has 11 aromatic carbocycles. The first kappa shape index (κ1) is 38.5. The van der Waals surface area contributed by atoms with Crippen molar-refractivity contribution < 1.29 is 0 Å². The second-order valence-electron chi connectivity index (χ2n) is 17.1. The van der Waals surface area contributed by atoms with Gasteiger partial charge < -0.3 is 4.57 Å². The summed E-state index contributed by atoms with van der Waals surface area (Å²) in [6, 6.07) is 86.4. The molecule has 0 spiro atoms. The maximum atomic E-state index is 5.36. The van der Waals surface area contributed by atoms with E-state index in [2.05, 4.69) is 241 Å². The predicted molar refractivity (Wildman–Crippen MR) is 279 cm³/mol. The molecule has 0 aliphatic heterocycles. The van der Waals surface area contributed by atoms with Gasteiger partial charge in [-0.1, -0.05) is 206 Å². The minimum atomic E-state index is 0.611. The van der Waals surface area contributed by atoms with Crippen molar-refractivity contribution >= 4 is 54.1 Å². The summed E-state index contributed by atoms with van der Waals surface area (Å²) in [4.78, 5) is 16.0. The standard InChI is InChI=1S/C63H40N4/c1-3-17-41(18-4-1)48-23-11-13-28-54(48)62-64-61(44-33-31-43(32-34-44)60-51-26-10-8-20-45(51)39-56-49-24-9-7-19-42(49)35-37-53(56)60)65-63(66-62)55-29-14-12-25-50(55)46-36-38-59-57(40-46)52-27-15-16-30-58(52)67(59)47-21-5-2-6-22-47/h1-40H. The van der Waals surface area contributed by atoms with Crippen LogP contribution >= 0.6 is 0 Å². The lowest BCUT2D eigenvalue weighted by molar-refractivity contribution is 1.07. The number of benzene rings is 11. The number of para-hydroxylation sites is 2. The van der Waals surface area contributed by atoms with E-state index in [1.807, 2.05) is 6.07 Å². The second-order valence-corrected chi connectivity index (χ2v) is 17.1. The smallest absolute Gasteiger partial charge is 0.164 e. The van der Waals surface area contributed by atoms with E-state index in [9.17, 15) is 0 Å². The SMILES string of the molecule is c1ccc(-c2ccccc2-c2nc(-c3ccc(-c4c5ccccc5cc5c4ccc4ccccc45)cc3)nc(-c3ccccc3-c3ccc4c(c3)c3ccccc3n4-c3ccccc3)n2)cc1. The van der Waals surface area contributed by atoms with Crippen molar-refractivity contribution in [1.29, 1.82) is 0 Å². The zero-order valence-electron chi connectivity index (χ0n) is 36.4. The van der Waals surface area contributed by atoms with Gasteiger partial charge in [-0.25, -0.2) is 15.0 Å². The summed E-state index contributed by atoms with van der Waals surface area (Å²) < 4.78 is 2.35. The van der Waals surface area contributed by atoms with Gasteiger partial charge in [-0.2, -0.15) is 0 Å². The van der Waals surface area contributed by atoms with Gasteiger partial charge in [0.1, 0.15) is 0 Å². The average Bonchev–Trinajstić information content (AvgIpc) is 3.74. The monoisotopic (exact) mass is 852 g/mol. The highest BCUT2D eigenvalue weighted by Crippen LogP contribution is 2.42. The van der Waals surface area contributed by atoms with Gasteiger partial charge in [0, 0.05) is 33.2 Å². The molecular weight excluding hydrogens is 813 g/mol. The molecular formula is C63H40N4. The van der Waals surface area contributed by atoms with Gasteiger partial charge >= 0.3 is 0 Å². The molecule has 0 N–H and O–H groups in total. The van der Waals surface area contributed by atoms with Gasteiger partial charge in [-0.05, 0) is 102 Å². The lowest BCUT2D eigenvalue weighted by atomic mass is 9.89. The van der Waals surface area contributed by atoms with Crippen molar-refractivity contribution in [2.75, 3.05) is 0 Å². The van der Waals surface area contributed by atoms with E-state index in [-0.39, 0.29) is 0 Å². The summed E-state index contributed by atoms with van der Waals surface area (Å²) in [5.41, 5.74) is 12.9. The molecule has 13 aromatic rings. The summed E-state index contributed by atoms with van der Waals surface area (Å²) in [7, 11) is 0. The van der Waals surface area contributed by atoms with Crippen LogP contribution in [0.15, 0.2) is 243 Å². The summed E-state index contributed by atoms with van der Waals surface area (Å²) in [6.07, 6.45) is 0. The Morgan fingerprint density at radius 2 is 0.776 bits per heavy atom. The van der Waals surface area contributed by atoms with Crippen LogP contribution in [0.5, 0.6) is 0 Å². The van der Waals surface area contributed by atoms with Crippen LogP contribution in [-0.4, -0.2) is 19.5 Å². The van der Waals surface area contributed by atoms with Gasteiger partial charge in [0.25, 0.3) is 0 Å². The van der Waals surface area contributed by atoms with Crippen LogP contribution in [0.1, 0.15) is 0 Å². The molecule has 0 aliphatic carbocycles. The highest BCUT2D eigenvalue weighted by Gasteiger charge is 2.20. The molecule has 0 aliphatic rings. The number of hydrogen-bond acceptors (Lipinski definition) is 3. The van der Waals surface area contributed by atoms with Crippen molar-refractivity contribution in [1.82, 2.24) is 19.5 Å². The van der Waals surface area contributed by atoms with E-state index in [0.29, 0.717) is 17.5 Å². The average molecular weight is 853 g/mol. The first-order valence-electron chi connectivity index (χ1n) is 22.8. The molecule has 0 amide bonds. The van der Waals surface area contributed by atoms with Crippen molar-refractivity contribution in [3.8, 4) is 73.2 Å². The third-order valence-corrected chi connectivity index (χ3v) is 13.3. The zero-order valence-corrected chi connectivity index (χ0v) is 36.4. The Labute approximate surface area is 387 Å². The molecule has 312 valence electrons. The normalized spacial score (nSPS) is 11.6. The fraction of sp³-hybridized carbons (Fsp3) is 0. The fourth-order valence-corrected chi connectivity index (χ4v) is 10.1. The van der Waals surface area contributed by atoms with Crippen molar-refractivity contribution in [3.63, 3.8) is 0 Å². The molecule has 0 atom stereocenters. The number of hydrogen-bond donors (Lipinski definition) is 0. The van der Waals surface area contributed by atoms with Crippen LogP contribution in [0.2, 0.25) is 0 Å². The van der Waals surface area contributed by atoms with Crippen LogP contribution in [-0.2, 0) is 0 Å². The van der Waals surface area contributed by atoms with E-state index in [1.165, 1.54) is 54.2 Å². The van der Waals surface area contributed by atoms with Gasteiger partial charge in [0.2, 0.25) is 0 Å². The van der Waals surface area contributed by atoms with E-state index >= 15 is 0 Å². The molecule has 0 saturated heterocycles. The second kappa shape index (κ2) is 15.9. The van der Waals surface area contributed by atoms with E-state index < -0.39 is 0 Å².